The zero-order valence-corrected chi connectivity index (χ0v) is 20.5. The summed E-state index contributed by atoms with van der Waals surface area (Å²) in [5.74, 6) is -9.02. The van der Waals surface area contributed by atoms with E-state index in [1.54, 1.807) is 0 Å². The minimum Gasteiger partial charge on any atom is -0.542 e. The molecule has 0 spiro atoms. The van der Waals surface area contributed by atoms with Gasteiger partial charge in [0.15, 0.2) is 0 Å². The van der Waals surface area contributed by atoms with E-state index < -0.39 is 36.4 Å². The van der Waals surface area contributed by atoms with Crippen LogP contribution in [-0.2, 0) is 31.2 Å². The van der Waals surface area contributed by atoms with Crippen LogP contribution in [0.1, 0.15) is 20.8 Å². The van der Waals surface area contributed by atoms with Crippen molar-refractivity contribution < 1.29 is 86.0 Å². The smallest absolute Gasteiger partial charge is 0.542 e. The van der Waals surface area contributed by atoms with Gasteiger partial charge in [0.25, 0.3) is 0 Å². The van der Waals surface area contributed by atoms with E-state index in [9.17, 15) is 39.5 Å². The van der Waals surface area contributed by atoms with Gasteiger partial charge in [0.05, 0.1) is 0 Å². The second kappa shape index (κ2) is 27.1. The molecule has 228 valence electrons. The van der Waals surface area contributed by atoms with Crippen LogP contribution < -0.4 is 49.7 Å². The molecule has 0 fully saturated rings. The summed E-state index contributed by atoms with van der Waals surface area (Å²) < 4.78 is 94.6. The molecule has 0 amide bonds. The van der Waals surface area contributed by atoms with E-state index in [4.69, 9.17) is 64.1 Å². The molecule has 0 aromatic rings. The first-order valence-electron chi connectivity index (χ1n) is 8.86. The fourth-order valence-electron chi connectivity index (χ4n) is 0. The number of rotatable bonds is 3. The molecular formula is C15H30CoF9N6O6. The molecule has 0 aliphatic rings. The quantitative estimate of drug-likeness (QED) is 0.164. The van der Waals surface area contributed by atoms with Gasteiger partial charge in [-0.2, -0.15) is 39.5 Å². The van der Waals surface area contributed by atoms with Crippen LogP contribution >= 0.6 is 0 Å². The molecule has 0 radical (unpaired) electrons. The van der Waals surface area contributed by atoms with Gasteiger partial charge in [-0.1, -0.05) is 0 Å². The molecule has 12 nitrogen and oxygen atoms in total. The van der Waals surface area contributed by atoms with Gasteiger partial charge >= 0.3 is 35.3 Å². The summed E-state index contributed by atoms with van der Waals surface area (Å²) >= 11 is 0. The van der Waals surface area contributed by atoms with E-state index in [0.717, 1.165) is 0 Å². The number of carboxylic acids is 3. The molecule has 0 aromatic heterocycles. The Morgan fingerprint density at radius 1 is 0.541 bits per heavy atom. The maximum Gasteiger partial charge on any atom is 3.00 e. The fraction of sp³-hybridized carbons (Fsp3) is 0.800. The first-order valence-corrected chi connectivity index (χ1v) is 8.86. The maximum absolute atomic E-state index is 10.5. The summed E-state index contributed by atoms with van der Waals surface area (Å²) in [5.41, 5.74) is 30.6. The molecule has 0 rings (SSSR count). The Morgan fingerprint density at radius 3 is 0.595 bits per heavy atom. The van der Waals surface area contributed by atoms with Crippen LogP contribution in [0.15, 0.2) is 0 Å². The zero-order valence-electron chi connectivity index (χ0n) is 19.5. The summed E-state index contributed by atoms with van der Waals surface area (Å²) in [6.07, 6.45) is -15.6. The number of hydrogen-bond acceptors (Lipinski definition) is 12. The summed E-state index contributed by atoms with van der Waals surface area (Å²) in [7, 11) is 0. The Labute approximate surface area is 216 Å². The third-order valence-electron chi connectivity index (χ3n) is 1.81. The van der Waals surface area contributed by atoms with Crippen LogP contribution in [0.25, 0.3) is 0 Å². The van der Waals surface area contributed by atoms with E-state index in [1.165, 1.54) is 0 Å². The molecule has 22 heteroatoms. The first-order chi connectivity index (χ1) is 15.6. The number of alkyl halides is 9. The number of aliphatic carboxylic acids is 3. The number of carboxylic acid groups (broad SMARTS) is 3. The molecule has 0 aliphatic heterocycles. The Bertz CT molecular complexity index is 488. The third-order valence-corrected chi connectivity index (χ3v) is 1.81. The van der Waals surface area contributed by atoms with Crippen molar-refractivity contribution in [1.82, 2.24) is 0 Å². The van der Waals surface area contributed by atoms with Crippen molar-refractivity contribution in [3.63, 3.8) is 0 Å². The molecule has 12 N–H and O–H groups in total. The number of carbonyl (C=O) groups is 3. The Balaban J connectivity index is -0.0000000585. The SMILES string of the molecule is CC(N)CN.CC(N)CN.CC(N)CN.O=C([O-])C(F)(F)F.O=C([O-])C(F)(F)F.O=C([O-])C(F)(F)F.[Co+3]. The van der Waals surface area contributed by atoms with Crippen molar-refractivity contribution >= 4 is 17.9 Å². The third kappa shape index (κ3) is 71.9. The van der Waals surface area contributed by atoms with Crippen molar-refractivity contribution in [3.05, 3.63) is 0 Å². The molecule has 3 unspecified atom stereocenters. The average molecular weight is 620 g/mol. The summed E-state index contributed by atoms with van der Waals surface area (Å²) in [6, 6.07) is 0.486. The van der Waals surface area contributed by atoms with Gasteiger partial charge in [0.2, 0.25) is 0 Å². The van der Waals surface area contributed by atoms with Crippen LogP contribution in [-0.4, -0.2) is 74.2 Å². The van der Waals surface area contributed by atoms with Crippen molar-refractivity contribution in [1.29, 1.82) is 0 Å². The van der Waals surface area contributed by atoms with Crippen LogP contribution in [0.3, 0.4) is 0 Å². The summed E-state index contributed by atoms with van der Waals surface area (Å²) in [5, 5.41) is 26.4. The molecule has 0 saturated carbocycles. The van der Waals surface area contributed by atoms with Gasteiger partial charge in [0.1, 0.15) is 17.9 Å². The standard InChI is InChI=1S/3C3H10N2.3C2HF3O2.Co/c3*1-3(5)2-4;3*3-2(4,5)1(6)7;/h3*3H,2,4-5H2,1H3;3*(H,6,7);/q;;;;;;+3/p-3. The molecule has 0 aliphatic carbocycles. The maximum atomic E-state index is 10.5. The van der Waals surface area contributed by atoms with Crippen LogP contribution in [0, 0.1) is 0 Å². The van der Waals surface area contributed by atoms with Crippen molar-refractivity contribution in [2.45, 2.75) is 57.4 Å². The van der Waals surface area contributed by atoms with E-state index >= 15 is 0 Å². The molecule has 37 heavy (non-hydrogen) atoms. The van der Waals surface area contributed by atoms with Gasteiger partial charge in [-0.05, 0) is 20.8 Å². The summed E-state index contributed by atoms with van der Waals surface area (Å²) in [4.78, 5) is 26.4. The minimum atomic E-state index is -5.19. The largest absolute Gasteiger partial charge is 3.00 e. The van der Waals surface area contributed by atoms with Crippen LogP contribution in [0.5, 0.6) is 0 Å². The normalized spacial score (nSPS) is 12.5. The topological polar surface area (TPSA) is 277 Å². The number of halogens is 9. The van der Waals surface area contributed by atoms with Gasteiger partial charge < -0.3 is 64.1 Å². The van der Waals surface area contributed by atoms with Crippen LogP contribution in [0.4, 0.5) is 39.5 Å². The summed E-state index contributed by atoms with van der Waals surface area (Å²) in [6.45, 7) is 7.38. The molecule has 0 aromatic carbocycles. The van der Waals surface area contributed by atoms with Gasteiger partial charge in [0, 0.05) is 37.8 Å². The van der Waals surface area contributed by atoms with Gasteiger partial charge in [-0.15, -0.1) is 0 Å². The van der Waals surface area contributed by atoms with Crippen molar-refractivity contribution in [2.24, 2.45) is 34.4 Å². The first kappa shape index (κ1) is 51.6. The number of carbonyl (C=O) groups excluding carboxylic acids is 3. The van der Waals surface area contributed by atoms with Gasteiger partial charge in [-0.25, -0.2) is 0 Å². The van der Waals surface area contributed by atoms with Crippen LogP contribution in [0.2, 0.25) is 0 Å². The second-order valence-corrected chi connectivity index (χ2v) is 5.99. The number of hydrogen-bond donors (Lipinski definition) is 6. The number of nitrogens with two attached hydrogens (primary N) is 6. The predicted molar refractivity (Wildman–Crippen MR) is 101 cm³/mol. The van der Waals surface area contributed by atoms with E-state index in [-0.39, 0.29) is 34.9 Å². The minimum absolute atomic E-state index is 0. The Morgan fingerprint density at radius 2 is 0.595 bits per heavy atom. The van der Waals surface area contributed by atoms with E-state index in [2.05, 4.69) is 0 Å². The second-order valence-electron chi connectivity index (χ2n) is 5.99. The van der Waals surface area contributed by atoms with Crippen molar-refractivity contribution in [2.75, 3.05) is 19.6 Å². The zero-order chi connectivity index (χ0) is 31.1. The molecule has 0 heterocycles. The molecule has 3 atom stereocenters. The molecular weight excluding hydrogens is 590 g/mol. The fourth-order valence-corrected chi connectivity index (χ4v) is 0. The Hall–Kier alpha value is -1.95. The average Bonchev–Trinajstić information content (AvgIpc) is 2.67. The Kier molecular flexibility index (Phi) is 37.8. The molecule has 0 bridgehead atoms. The predicted octanol–water partition coefficient (Wildman–Crippen LogP) is -4.23. The monoisotopic (exact) mass is 620 g/mol. The van der Waals surface area contributed by atoms with Crippen molar-refractivity contribution in [3.8, 4) is 0 Å². The van der Waals surface area contributed by atoms with E-state index in [0.29, 0.717) is 19.6 Å². The van der Waals surface area contributed by atoms with Gasteiger partial charge in [-0.3, -0.25) is 0 Å². The van der Waals surface area contributed by atoms with E-state index in [1.807, 2.05) is 20.8 Å². The molecule has 0 saturated heterocycles.